The van der Waals surface area contributed by atoms with Crippen molar-refractivity contribution in [1.29, 1.82) is 0 Å². The second-order valence-corrected chi connectivity index (χ2v) is 4.44. The van der Waals surface area contributed by atoms with Crippen molar-refractivity contribution in [2.75, 3.05) is 30.5 Å². The van der Waals surface area contributed by atoms with E-state index in [1.165, 1.54) is 0 Å². The number of halogens is 1. The van der Waals surface area contributed by atoms with Crippen LogP contribution < -0.4 is 15.8 Å². The van der Waals surface area contributed by atoms with Crippen LogP contribution in [0, 0.1) is 0 Å². The van der Waals surface area contributed by atoms with Gasteiger partial charge in [0.15, 0.2) is 0 Å². The molecule has 0 aliphatic heterocycles. The highest BCUT2D eigenvalue weighted by molar-refractivity contribution is 7.98. The predicted molar refractivity (Wildman–Crippen MR) is 79.9 cm³/mol. The van der Waals surface area contributed by atoms with Gasteiger partial charge >= 0.3 is 0 Å². The molecule has 0 radical (unpaired) electrons. The van der Waals surface area contributed by atoms with Crippen LogP contribution in [-0.4, -0.2) is 31.1 Å². The molecule has 0 unspecified atom stereocenters. The number of rotatable bonds is 7. The molecule has 0 bridgehead atoms. The normalized spacial score (nSPS) is 9.44. The van der Waals surface area contributed by atoms with Gasteiger partial charge in [0, 0.05) is 24.4 Å². The molecule has 0 saturated carbocycles. The van der Waals surface area contributed by atoms with E-state index < -0.39 is 0 Å². The standard InChI is InChI=1S/C12H18N2O2S.ClH/c1-17-9-6-12(15)14-10-2-4-11(5-3-10)16-8-7-13;/h2-5H,6-9,13H2,1H3,(H,14,15);1H. The summed E-state index contributed by atoms with van der Waals surface area (Å²) in [6.07, 6.45) is 2.52. The van der Waals surface area contributed by atoms with Crippen LogP contribution in [0.2, 0.25) is 0 Å². The largest absolute Gasteiger partial charge is 0.492 e. The van der Waals surface area contributed by atoms with Gasteiger partial charge in [-0.15, -0.1) is 12.4 Å². The maximum Gasteiger partial charge on any atom is 0.225 e. The van der Waals surface area contributed by atoms with Crippen molar-refractivity contribution in [3.63, 3.8) is 0 Å². The number of carbonyl (C=O) groups excluding carboxylic acids is 1. The number of carbonyl (C=O) groups is 1. The van der Waals surface area contributed by atoms with E-state index in [4.69, 9.17) is 10.5 Å². The summed E-state index contributed by atoms with van der Waals surface area (Å²) in [7, 11) is 0. The number of amides is 1. The Balaban J connectivity index is 0.00000289. The fourth-order valence-electron chi connectivity index (χ4n) is 1.23. The first-order valence-electron chi connectivity index (χ1n) is 5.48. The molecule has 102 valence electrons. The van der Waals surface area contributed by atoms with E-state index in [2.05, 4.69) is 5.32 Å². The third-order valence-electron chi connectivity index (χ3n) is 2.06. The number of hydrogen-bond donors (Lipinski definition) is 2. The molecule has 0 aliphatic carbocycles. The molecule has 0 heterocycles. The van der Waals surface area contributed by atoms with Gasteiger partial charge in [0.05, 0.1) is 0 Å². The van der Waals surface area contributed by atoms with Gasteiger partial charge < -0.3 is 15.8 Å². The average Bonchev–Trinajstić information content (AvgIpc) is 2.35. The minimum absolute atomic E-state index is 0. The van der Waals surface area contributed by atoms with Gasteiger partial charge in [-0.1, -0.05) is 0 Å². The summed E-state index contributed by atoms with van der Waals surface area (Å²) in [5, 5.41) is 2.83. The number of thioether (sulfide) groups is 1. The Morgan fingerprint density at radius 3 is 2.61 bits per heavy atom. The lowest BCUT2D eigenvalue weighted by Crippen LogP contribution is -2.12. The van der Waals surface area contributed by atoms with E-state index in [9.17, 15) is 4.79 Å². The third kappa shape index (κ3) is 6.74. The lowest BCUT2D eigenvalue weighted by Gasteiger charge is -2.07. The first kappa shape index (κ1) is 17.1. The first-order valence-corrected chi connectivity index (χ1v) is 6.87. The summed E-state index contributed by atoms with van der Waals surface area (Å²) in [6, 6.07) is 7.28. The Labute approximate surface area is 118 Å². The summed E-state index contributed by atoms with van der Waals surface area (Å²) in [5.41, 5.74) is 6.12. The molecule has 0 atom stereocenters. The van der Waals surface area contributed by atoms with Crippen LogP contribution in [-0.2, 0) is 4.79 Å². The summed E-state index contributed by atoms with van der Waals surface area (Å²) >= 11 is 1.66. The van der Waals surface area contributed by atoms with Crippen LogP contribution >= 0.6 is 24.2 Å². The molecule has 0 fully saturated rings. The topological polar surface area (TPSA) is 64.3 Å². The van der Waals surface area contributed by atoms with E-state index in [0.717, 1.165) is 17.2 Å². The number of benzene rings is 1. The molecule has 1 rings (SSSR count). The zero-order valence-electron chi connectivity index (χ0n) is 10.3. The van der Waals surface area contributed by atoms with E-state index in [0.29, 0.717) is 19.6 Å². The van der Waals surface area contributed by atoms with Crippen LogP contribution in [0.15, 0.2) is 24.3 Å². The second kappa shape index (κ2) is 10.1. The highest BCUT2D eigenvalue weighted by atomic mass is 35.5. The zero-order chi connectivity index (χ0) is 12.5. The molecule has 3 N–H and O–H groups in total. The van der Waals surface area contributed by atoms with Crippen LogP contribution in [0.25, 0.3) is 0 Å². The van der Waals surface area contributed by atoms with Gasteiger partial charge in [-0.25, -0.2) is 0 Å². The van der Waals surface area contributed by atoms with E-state index in [-0.39, 0.29) is 18.3 Å². The highest BCUT2D eigenvalue weighted by Crippen LogP contribution is 2.15. The molecule has 0 spiro atoms. The molecular weight excluding hydrogens is 272 g/mol. The van der Waals surface area contributed by atoms with E-state index in [1.54, 1.807) is 11.8 Å². The van der Waals surface area contributed by atoms with E-state index in [1.807, 2.05) is 30.5 Å². The molecule has 1 amide bonds. The zero-order valence-corrected chi connectivity index (χ0v) is 12.0. The number of hydrogen-bond acceptors (Lipinski definition) is 4. The van der Waals surface area contributed by atoms with Crippen molar-refractivity contribution in [2.45, 2.75) is 6.42 Å². The van der Waals surface area contributed by atoms with Crippen molar-refractivity contribution >= 4 is 35.8 Å². The van der Waals surface area contributed by atoms with Gasteiger partial charge in [-0.2, -0.15) is 11.8 Å². The Morgan fingerprint density at radius 2 is 2.06 bits per heavy atom. The third-order valence-corrected chi connectivity index (χ3v) is 2.67. The Hall–Kier alpha value is -0.910. The Kier molecular flexibility index (Phi) is 9.55. The van der Waals surface area contributed by atoms with Gasteiger partial charge in [0.1, 0.15) is 12.4 Å². The Morgan fingerprint density at radius 1 is 1.39 bits per heavy atom. The van der Waals surface area contributed by atoms with Crippen LogP contribution in [0.4, 0.5) is 5.69 Å². The average molecular weight is 291 g/mol. The van der Waals surface area contributed by atoms with Crippen molar-refractivity contribution in [3.8, 4) is 5.75 Å². The lowest BCUT2D eigenvalue weighted by molar-refractivity contribution is -0.115. The van der Waals surface area contributed by atoms with Crippen molar-refractivity contribution in [1.82, 2.24) is 0 Å². The summed E-state index contributed by atoms with van der Waals surface area (Å²) < 4.78 is 5.34. The monoisotopic (exact) mass is 290 g/mol. The molecule has 1 aromatic rings. The summed E-state index contributed by atoms with van der Waals surface area (Å²) in [4.78, 5) is 11.5. The molecule has 18 heavy (non-hydrogen) atoms. The number of anilines is 1. The maximum absolute atomic E-state index is 11.5. The van der Waals surface area contributed by atoms with Crippen LogP contribution in [0.5, 0.6) is 5.75 Å². The van der Waals surface area contributed by atoms with Crippen molar-refractivity contribution < 1.29 is 9.53 Å². The smallest absolute Gasteiger partial charge is 0.225 e. The van der Waals surface area contributed by atoms with Gasteiger partial charge in [0.25, 0.3) is 0 Å². The van der Waals surface area contributed by atoms with Crippen molar-refractivity contribution in [2.24, 2.45) is 5.73 Å². The van der Waals surface area contributed by atoms with Crippen LogP contribution in [0.1, 0.15) is 6.42 Å². The number of nitrogens with one attached hydrogen (secondary N) is 1. The van der Waals surface area contributed by atoms with Crippen molar-refractivity contribution in [3.05, 3.63) is 24.3 Å². The maximum atomic E-state index is 11.5. The summed E-state index contributed by atoms with van der Waals surface area (Å²) in [6.45, 7) is 0.993. The van der Waals surface area contributed by atoms with Gasteiger partial charge in [0.2, 0.25) is 5.91 Å². The van der Waals surface area contributed by atoms with Gasteiger partial charge in [-0.05, 0) is 30.5 Å². The predicted octanol–water partition coefficient (Wildman–Crippen LogP) is 2.14. The molecule has 4 nitrogen and oxygen atoms in total. The molecule has 6 heteroatoms. The van der Waals surface area contributed by atoms with Gasteiger partial charge in [-0.3, -0.25) is 4.79 Å². The minimum Gasteiger partial charge on any atom is -0.492 e. The fourth-order valence-corrected chi connectivity index (χ4v) is 1.62. The molecule has 1 aromatic carbocycles. The highest BCUT2D eigenvalue weighted by Gasteiger charge is 2.01. The fraction of sp³-hybridized carbons (Fsp3) is 0.417. The number of ether oxygens (including phenoxy) is 1. The number of nitrogens with two attached hydrogens (primary N) is 1. The first-order chi connectivity index (χ1) is 8.26. The molecule has 0 aliphatic rings. The molecular formula is C12H19ClN2O2S. The minimum atomic E-state index is 0. The van der Waals surface area contributed by atoms with Crippen LogP contribution in [0.3, 0.4) is 0 Å². The van der Waals surface area contributed by atoms with E-state index >= 15 is 0 Å². The lowest BCUT2D eigenvalue weighted by atomic mass is 10.3. The molecule has 0 saturated heterocycles. The second-order valence-electron chi connectivity index (χ2n) is 3.45. The summed E-state index contributed by atoms with van der Waals surface area (Å²) in [5.74, 6) is 1.64. The SMILES string of the molecule is CSCCC(=O)Nc1ccc(OCCN)cc1.Cl. The molecule has 0 aromatic heterocycles. The Bertz CT molecular complexity index is 346. The quantitative estimate of drug-likeness (QED) is 0.807.